The maximum atomic E-state index is 13.1. The summed E-state index contributed by atoms with van der Waals surface area (Å²) in [6.07, 6.45) is 51.0. The number of esters is 1. The number of ether oxygens (including phenoxy) is 1. The average Bonchev–Trinajstić information content (AvgIpc) is 3.20. The number of aliphatic hydroxyl groups is 2. The van der Waals surface area contributed by atoms with Gasteiger partial charge in [-0.2, -0.15) is 0 Å². The van der Waals surface area contributed by atoms with Crippen LogP contribution in [0, 0.1) is 0 Å². The van der Waals surface area contributed by atoms with E-state index in [9.17, 15) is 19.8 Å². The number of aliphatic hydroxyl groups excluding tert-OH is 2. The number of carbonyl (C=O) groups is 2. The number of nitrogens with one attached hydrogen (secondary N) is 1. The minimum atomic E-state index is -0.787. The van der Waals surface area contributed by atoms with Crippen LogP contribution in [0.3, 0.4) is 0 Å². The maximum Gasteiger partial charge on any atom is 0.306 e. The molecule has 0 bridgehead atoms. The van der Waals surface area contributed by atoms with Crippen LogP contribution in [0.5, 0.6) is 0 Å². The summed E-state index contributed by atoms with van der Waals surface area (Å²) in [4.78, 5) is 26.0. The summed E-state index contributed by atoms with van der Waals surface area (Å²) in [6, 6.07) is -0.701. The first-order valence-corrected chi connectivity index (χ1v) is 25.1. The van der Waals surface area contributed by atoms with E-state index < -0.39 is 18.2 Å². The lowest BCUT2D eigenvalue weighted by atomic mass is 10.0. The van der Waals surface area contributed by atoms with Crippen molar-refractivity contribution in [1.82, 2.24) is 5.32 Å². The van der Waals surface area contributed by atoms with Gasteiger partial charge in [-0.25, -0.2) is 0 Å². The van der Waals surface area contributed by atoms with Crippen LogP contribution in [-0.2, 0) is 14.3 Å². The van der Waals surface area contributed by atoms with Gasteiger partial charge in [0.25, 0.3) is 0 Å². The molecule has 3 unspecified atom stereocenters. The molecule has 0 heterocycles. The van der Waals surface area contributed by atoms with Crippen molar-refractivity contribution in [2.45, 2.75) is 283 Å². The van der Waals surface area contributed by atoms with E-state index in [1.54, 1.807) is 0 Å². The zero-order chi connectivity index (χ0) is 41.7. The summed E-state index contributed by atoms with van der Waals surface area (Å²) in [5.74, 6) is -0.488. The monoisotopic (exact) mass is 804 g/mol. The molecular weight excluding hydrogens is 707 g/mol. The number of unbranched alkanes of at least 4 members (excludes halogenated alkanes) is 29. The van der Waals surface area contributed by atoms with E-state index in [1.807, 2.05) is 0 Å². The van der Waals surface area contributed by atoms with Crippen LogP contribution in [0.15, 0.2) is 24.3 Å². The van der Waals surface area contributed by atoms with Crippen molar-refractivity contribution in [2.24, 2.45) is 0 Å². The zero-order valence-corrected chi connectivity index (χ0v) is 38.2. The standard InChI is InChI=1S/C51H97NO5/c1-4-7-10-13-16-19-21-23-24-25-26-27-29-32-35-38-41-44-51(56)57-47(42-39-36-33-30-18-15-12-9-6-3)45-50(55)52-48(46-53)49(54)43-40-37-34-31-28-22-20-17-14-11-8-5-2/h15,18,23-24,47-49,53-54H,4-14,16-17,19-22,25-46H2,1-3H3,(H,52,55)/b18-15-,24-23+. The first kappa shape index (κ1) is 55.3. The molecular formula is C51H97NO5. The maximum absolute atomic E-state index is 13.1. The fourth-order valence-electron chi connectivity index (χ4n) is 7.64. The molecule has 0 spiro atoms. The van der Waals surface area contributed by atoms with Crippen LogP contribution < -0.4 is 5.32 Å². The van der Waals surface area contributed by atoms with Gasteiger partial charge in [0, 0.05) is 6.42 Å². The van der Waals surface area contributed by atoms with Gasteiger partial charge in [0.1, 0.15) is 6.10 Å². The third-order valence-corrected chi connectivity index (χ3v) is 11.5. The summed E-state index contributed by atoms with van der Waals surface area (Å²) >= 11 is 0. The zero-order valence-electron chi connectivity index (χ0n) is 38.2. The highest BCUT2D eigenvalue weighted by Crippen LogP contribution is 2.17. The van der Waals surface area contributed by atoms with Gasteiger partial charge < -0.3 is 20.3 Å². The smallest absolute Gasteiger partial charge is 0.306 e. The lowest BCUT2D eigenvalue weighted by molar-refractivity contribution is -0.151. The highest BCUT2D eigenvalue weighted by Gasteiger charge is 2.24. The fourth-order valence-corrected chi connectivity index (χ4v) is 7.64. The van der Waals surface area contributed by atoms with Crippen molar-refractivity contribution in [1.29, 1.82) is 0 Å². The molecule has 0 aliphatic rings. The summed E-state index contributed by atoms with van der Waals surface area (Å²) in [5.41, 5.74) is 0. The molecule has 57 heavy (non-hydrogen) atoms. The lowest BCUT2D eigenvalue weighted by Gasteiger charge is -2.24. The van der Waals surface area contributed by atoms with Gasteiger partial charge in [-0.1, -0.05) is 206 Å². The van der Waals surface area contributed by atoms with E-state index in [1.165, 1.54) is 154 Å². The van der Waals surface area contributed by atoms with Gasteiger partial charge in [0.05, 0.1) is 25.2 Å². The van der Waals surface area contributed by atoms with Gasteiger partial charge >= 0.3 is 5.97 Å². The fraction of sp³-hybridized carbons (Fsp3) is 0.882. The van der Waals surface area contributed by atoms with Crippen molar-refractivity contribution in [3.63, 3.8) is 0 Å². The van der Waals surface area contributed by atoms with E-state index in [0.717, 1.165) is 64.2 Å². The average molecular weight is 804 g/mol. The molecule has 1 amide bonds. The van der Waals surface area contributed by atoms with Gasteiger partial charge in [0.15, 0.2) is 0 Å². The lowest BCUT2D eigenvalue weighted by Crippen LogP contribution is -2.46. The minimum Gasteiger partial charge on any atom is -0.462 e. The molecule has 6 heteroatoms. The Bertz CT molecular complexity index is 904. The molecule has 0 saturated carbocycles. The predicted octanol–water partition coefficient (Wildman–Crippen LogP) is 14.7. The molecule has 0 rings (SSSR count). The topological polar surface area (TPSA) is 95.9 Å². The molecule has 0 aliphatic carbocycles. The SMILES string of the molecule is CCCC/C=C\CCCCCC(CC(=O)NC(CO)C(O)CCCCCCCCCCCCCC)OC(=O)CCCCCCCCC/C=C/CCCCCCCC. The van der Waals surface area contributed by atoms with E-state index in [4.69, 9.17) is 4.74 Å². The quantitative estimate of drug-likeness (QED) is 0.0324. The normalized spacial score (nSPS) is 13.4. The van der Waals surface area contributed by atoms with Crippen molar-refractivity contribution in [3.05, 3.63) is 24.3 Å². The Balaban J connectivity index is 4.46. The van der Waals surface area contributed by atoms with Crippen molar-refractivity contribution in [3.8, 4) is 0 Å². The largest absolute Gasteiger partial charge is 0.462 e. The molecule has 3 N–H and O–H groups in total. The number of hydrogen-bond acceptors (Lipinski definition) is 5. The Morgan fingerprint density at radius 3 is 1.32 bits per heavy atom. The van der Waals surface area contributed by atoms with Gasteiger partial charge in [-0.05, 0) is 70.6 Å². The Hall–Kier alpha value is -1.66. The second-order valence-corrected chi connectivity index (χ2v) is 17.2. The number of carbonyl (C=O) groups excluding carboxylic acids is 2. The van der Waals surface area contributed by atoms with Crippen LogP contribution in [0.25, 0.3) is 0 Å². The molecule has 3 atom stereocenters. The number of amides is 1. The number of allylic oxidation sites excluding steroid dienone is 4. The number of rotatable bonds is 45. The predicted molar refractivity (Wildman–Crippen MR) is 246 cm³/mol. The van der Waals surface area contributed by atoms with Crippen LogP contribution in [0.1, 0.15) is 265 Å². The van der Waals surface area contributed by atoms with Gasteiger partial charge in [-0.15, -0.1) is 0 Å². The molecule has 0 radical (unpaired) electrons. The molecule has 0 aromatic rings. The molecule has 6 nitrogen and oxygen atoms in total. The van der Waals surface area contributed by atoms with Gasteiger partial charge in [0.2, 0.25) is 5.91 Å². The summed E-state index contributed by atoms with van der Waals surface area (Å²) in [5, 5.41) is 23.7. The van der Waals surface area contributed by atoms with Crippen LogP contribution >= 0.6 is 0 Å². The summed E-state index contributed by atoms with van der Waals surface area (Å²) < 4.78 is 5.90. The Labute approximate surface area is 354 Å². The Morgan fingerprint density at radius 2 is 0.860 bits per heavy atom. The second kappa shape index (κ2) is 45.4. The second-order valence-electron chi connectivity index (χ2n) is 17.2. The molecule has 0 aromatic heterocycles. The van der Waals surface area contributed by atoms with Crippen molar-refractivity contribution < 1.29 is 24.5 Å². The number of hydrogen-bond donors (Lipinski definition) is 3. The minimum absolute atomic E-state index is 0.0682. The van der Waals surface area contributed by atoms with Crippen LogP contribution in [0.4, 0.5) is 0 Å². The first-order chi connectivity index (χ1) is 28.0. The summed E-state index contributed by atoms with van der Waals surface area (Å²) in [6.45, 7) is 6.43. The van der Waals surface area contributed by atoms with E-state index >= 15 is 0 Å². The van der Waals surface area contributed by atoms with E-state index in [2.05, 4.69) is 50.4 Å². The van der Waals surface area contributed by atoms with E-state index in [0.29, 0.717) is 19.3 Å². The molecule has 0 saturated heterocycles. The van der Waals surface area contributed by atoms with Crippen LogP contribution in [-0.4, -0.2) is 46.9 Å². The first-order valence-electron chi connectivity index (χ1n) is 25.1. The van der Waals surface area contributed by atoms with Gasteiger partial charge in [-0.3, -0.25) is 9.59 Å². The Kier molecular flexibility index (Phi) is 44.1. The molecule has 0 fully saturated rings. The third kappa shape index (κ3) is 40.9. The van der Waals surface area contributed by atoms with Crippen molar-refractivity contribution >= 4 is 11.9 Å². The van der Waals surface area contributed by atoms with Crippen molar-refractivity contribution in [2.75, 3.05) is 6.61 Å². The summed E-state index contributed by atoms with van der Waals surface area (Å²) in [7, 11) is 0. The van der Waals surface area contributed by atoms with Crippen LogP contribution in [0.2, 0.25) is 0 Å². The molecule has 0 aromatic carbocycles. The molecule has 336 valence electrons. The van der Waals surface area contributed by atoms with E-state index in [-0.39, 0.29) is 24.9 Å². The highest BCUT2D eigenvalue weighted by atomic mass is 16.5. The Morgan fingerprint density at radius 1 is 0.491 bits per heavy atom. The highest BCUT2D eigenvalue weighted by molar-refractivity contribution is 5.77. The third-order valence-electron chi connectivity index (χ3n) is 11.5. The molecule has 0 aliphatic heterocycles.